The molecular formula is C13H18N2O4S. The third kappa shape index (κ3) is 2.92. The van der Waals surface area contributed by atoms with Crippen molar-refractivity contribution in [1.29, 1.82) is 0 Å². The van der Waals surface area contributed by atoms with Crippen LogP contribution in [0.25, 0.3) is 0 Å². The number of hydrogen-bond donors (Lipinski definition) is 2. The zero-order valence-corrected chi connectivity index (χ0v) is 12.2. The molecule has 2 N–H and O–H groups in total. The molecule has 20 heavy (non-hydrogen) atoms. The molecule has 0 atom stereocenters. The van der Waals surface area contributed by atoms with Crippen LogP contribution in [0.5, 0.6) is 0 Å². The van der Waals surface area contributed by atoms with E-state index >= 15 is 0 Å². The van der Waals surface area contributed by atoms with Crippen molar-refractivity contribution < 1.29 is 14.7 Å². The molecule has 7 heteroatoms. The highest BCUT2D eigenvalue weighted by Crippen LogP contribution is 2.32. The first kappa shape index (κ1) is 14.8. The summed E-state index contributed by atoms with van der Waals surface area (Å²) in [7, 11) is 0. The van der Waals surface area contributed by atoms with Gasteiger partial charge in [0.2, 0.25) is 5.91 Å². The fraction of sp³-hybridized carbons (Fsp3) is 0.615. The van der Waals surface area contributed by atoms with Crippen molar-refractivity contribution in [3.63, 3.8) is 0 Å². The Morgan fingerprint density at radius 1 is 1.50 bits per heavy atom. The molecule has 0 aliphatic heterocycles. The number of carboxylic acid groups (broad SMARTS) is 1. The summed E-state index contributed by atoms with van der Waals surface area (Å²) in [5.74, 6) is -1.21. The van der Waals surface area contributed by atoms with E-state index in [1.165, 1.54) is 0 Å². The molecule has 0 spiro atoms. The maximum Gasteiger partial charge on any atom is 0.329 e. The Bertz CT molecular complexity index is 571. The summed E-state index contributed by atoms with van der Waals surface area (Å²) in [6, 6.07) is 0. The lowest BCUT2D eigenvalue weighted by molar-refractivity contribution is -0.151. The van der Waals surface area contributed by atoms with Crippen molar-refractivity contribution >= 4 is 23.2 Å². The van der Waals surface area contributed by atoms with Crippen LogP contribution in [-0.4, -0.2) is 27.1 Å². The van der Waals surface area contributed by atoms with Crippen LogP contribution in [0.3, 0.4) is 0 Å². The van der Waals surface area contributed by atoms with E-state index in [1.54, 1.807) is 9.95 Å². The minimum absolute atomic E-state index is 0.0242. The van der Waals surface area contributed by atoms with Crippen molar-refractivity contribution in [2.24, 2.45) is 0 Å². The van der Waals surface area contributed by atoms with E-state index in [4.69, 9.17) is 5.11 Å². The van der Waals surface area contributed by atoms with Crippen molar-refractivity contribution in [2.75, 3.05) is 0 Å². The quantitative estimate of drug-likeness (QED) is 0.824. The minimum atomic E-state index is -1.05. The standard InChI is InChI=1S/C13H18N2O4S/c1-9-8-20-12(19)15(9)7-2-4-10(16)14-13(11(17)18)5-3-6-13/h8H,2-7H2,1H3,(H,14,16)(H,17,18). The average Bonchev–Trinajstić information content (AvgIpc) is 2.65. The second kappa shape index (κ2) is 5.78. The van der Waals surface area contributed by atoms with Crippen LogP contribution in [0.15, 0.2) is 10.2 Å². The van der Waals surface area contributed by atoms with Gasteiger partial charge in [-0.3, -0.25) is 9.59 Å². The first-order chi connectivity index (χ1) is 9.44. The van der Waals surface area contributed by atoms with E-state index < -0.39 is 11.5 Å². The molecule has 6 nitrogen and oxygen atoms in total. The van der Waals surface area contributed by atoms with Crippen LogP contribution in [0, 0.1) is 6.92 Å². The maximum atomic E-state index is 11.8. The Kier molecular flexibility index (Phi) is 4.27. The van der Waals surface area contributed by atoms with Crippen molar-refractivity contribution in [3.05, 3.63) is 20.7 Å². The fourth-order valence-electron chi connectivity index (χ4n) is 2.32. The monoisotopic (exact) mass is 298 g/mol. The van der Waals surface area contributed by atoms with E-state index in [0.717, 1.165) is 23.5 Å². The third-order valence-corrected chi connectivity index (χ3v) is 4.64. The van der Waals surface area contributed by atoms with E-state index in [0.29, 0.717) is 25.8 Å². The highest BCUT2D eigenvalue weighted by Gasteiger charge is 2.45. The number of hydrogen-bond acceptors (Lipinski definition) is 4. The summed E-state index contributed by atoms with van der Waals surface area (Å²) in [5.41, 5.74) is -0.159. The molecule has 0 bridgehead atoms. The summed E-state index contributed by atoms with van der Waals surface area (Å²) in [6.45, 7) is 2.34. The molecule has 1 fully saturated rings. The van der Waals surface area contributed by atoms with Crippen LogP contribution < -0.4 is 10.2 Å². The van der Waals surface area contributed by atoms with Gasteiger partial charge >= 0.3 is 10.8 Å². The average molecular weight is 298 g/mol. The van der Waals surface area contributed by atoms with Crippen LogP contribution in [0.2, 0.25) is 0 Å². The molecule has 2 rings (SSSR count). The van der Waals surface area contributed by atoms with E-state index in [1.807, 2.05) is 6.92 Å². The fourth-order valence-corrected chi connectivity index (χ4v) is 3.09. The molecule has 0 unspecified atom stereocenters. The van der Waals surface area contributed by atoms with Crippen LogP contribution in [0.4, 0.5) is 0 Å². The Morgan fingerprint density at radius 3 is 2.65 bits per heavy atom. The number of nitrogens with one attached hydrogen (secondary N) is 1. The molecule has 1 saturated carbocycles. The van der Waals surface area contributed by atoms with Crippen LogP contribution in [0.1, 0.15) is 37.8 Å². The van der Waals surface area contributed by atoms with E-state index in [-0.39, 0.29) is 17.2 Å². The number of rotatable bonds is 6. The van der Waals surface area contributed by atoms with Crippen molar-refractivity contribution in [1.82, 2.24) is 9.88 Å². The van der Waals surface area contributed by atoms with Gasteiger partial charge in [-0.2, -0.15) is 0 Å². The van der Waals surface area contributed by atoms with Crippen LogP contribution in [-0.2, 0) is 16.1 Å². The first-order valence-electron chi connectivity index (χ1n) is 6.64. The number of aryl methyl sites for hydroxylation is 1. The normalized spacial score (nSPS) is 16.4. The number of carboxylic acids is 1. The molecule has 110 valence electrons. The highest BCUT2D eigenvalue weighted by atomic mass is 32.1. The molecule has 1 aromatic rings. The maximum absolute atomic E-state index is 11.8. The zero-order chi connectivity index (χ0) is 14.8. The topological polar surface area (TPSA) is 88.4 Å². The van der Waals surface area contributed by atoms with Crippen molar-refractivity contribution in [3.8, 4) is 0 Å². The van der Waals surface area contributed by atoms with Gasteiger partial charge in [-0.25, -0.2) is 4.79 Å². The predicted octanol–water partition coefficient (Wildman–Crippen LogP) is 1.12. The summed E-state index contributed by atoms with van der Waals surface area (Å²) >= 11 is 1.15. The molecule has 1 aromatic heterocycles. The summed E-state index contributed by atoms with van der Waals surface area (Å²) in [6.07, 6.45) is 2.58. The Labute approximate surface area is 120 Å². The van der Waals surface area contributed by atoms with E-state index in [9.17, 15) is 14.4 Å². The van der Waals surface area contributed by atoms with Gasteiger partial charge < -0.3 is 15.0 Å². The minimum Gasteiger partial charge on any atom is -0.480 e. The van der Waals surface area contributed by atoms with E-state index in [2.05, 4.69) is 5.32 Å². The lowest BCUT2D eigenvalue weighted by Crippen LogP contribution is -2.59. The molecule has 0 aromatic carbocycles. The summed E-state index contributed by atoms with van der Waals surface area (Å²) in [4.78, 5) is 34.4. The van der Waals surface area contributed by atoms with Gasteiger partial charge in [0, 0.05) is 24.0 Å². The van der Waals surface area contributed by atoms with Crippen LogP contribution >= 0.6 is 11.3 Å². The Balaban J connectivity index is 1.81. The summed E-state index contributed by atoms with van der Waals surface area (Å²) in [5, 5.41) is 13.5. The first-order valence-corrected chi connectivity index (χ1v) is 7.52. The van der Waals surface area contributed by atoms with Gasteiger partial charge in [-0.15, -0.1) is 0 Å². The smallest absolute Gasteiger partial charge is 0.329 e. The van der Waals surface area contributed by atoms with Gasteiger partial charge in [0.25, 0.3) is 0 Å². The Hall–Kier alpha value is -1.63. The molecular weight excluding hydrogens is 280 g/mol. The number of carbonyl (C=O) groups excluding carboxylic acids is 1. The number of nitrogens with zero attached hydrogens (tertiary/aromatic N) is 1. The van der Waals surface area contributed by atoms with Gasteiger partial charge in [0.1, 0.15) is 5.54 Å². The van der Waals surface area contributed by atoms with Gasteiger partial charge in [-0.05, 0) is 32.6 Å². The second-order valence-corrected chi connectivity index (χ2v) is 6.01. The number of carbonyl (C=O) groups is 2. The molecule has 0 radical (unpaired) electrons. The lowest BCUT2D eigenvalue weighted by Gasteiger charge is -2.38. The number of amides is 1. The lowest BCUT2D eigenvalue weighted by atomic mass is 9.76. The third-order valence-electron chi connectivity index (χ3n) is 3.76. The predicted molar refractivity (Wildman–Crippen MR) is 74.9 cm³/mol. The highest BCUT2D eigenvalue weighted by molar-refractivity contribution is 7.07. The molecule has 1 heterocycles. The summed E-state index contributed by atoms with van der Waals surface area (Å²) < 4.78 is 1.63. The number of aliphatic carboxylic acids is 1. The Morgan fingerprint density at radius 2 is 2.20 bits per heavy atom. The molecule has 1 aliphatic rings. The van der Waals surface area contributed by atoms with Gasteiger partial charge in [-0.1, -0.05) is 11.3 Å². The van der Waals surface area contributed by atoms with Crippen molar-refractivity contribution in [2.45, 2.75) is 51.1 Å². The molecule has 0 saturated heterocycles. The second-order valence-electron chi connectivity index (χ2n) is 5.19. The van der Waals surface area contributed by atoms with Gasteiger partial charge in [0.15, 0.2) is 0 Å². The number of aromatic nitrogens is 1. The molecule has 1 amide bonds. The SMILES string of the molecule is Cc1csc(=O)n1CCCC(=O)NC1(C(=O)O)CCC1. The van der Waals surface area contributed by atoms with Gasteiger partial charge in [0.05, 0.1) is 0 Å². The molecule has 1 aliphatic carbocycles. The number of thiazole rings is 1. The zero-order valence-electron chi connectivity index (χ0n) is 11.3. The largest absolute Gasteiger partial charge is 0.480 e.